The van der Waals surface area contributed by atoms with E-state index in [1.807, 2.05) is 6.92 Å². The van der Waals surface area contributed by atoms with Crippen LogP contribution in [0.5, 0.6) is 0 Å². The van der Waals surface area contributed by atoms with E-state index in [-0.39, 0.29) is 6.04 Å². The summed E-state index contributed by atoms with van der Waals surface area (Å²) in [7, 11) is 0. The molecule has 0 bridgehead atoms. The van der Waals surface area contributed by atoms with Crippen LogP contribution in [0.3, 0.4) is 0 Å². The van der Waals surface area contributed by atoms with Gasteiger partial charge in [-0.05, 0) is 49.9 Å². The number of hydrogen-bond donors (Lipinski definition) is 1. The van der Waals surface area contributed by atoms with E-state index in [2.05, 4.69) is 42.2 Å². The summed E-state index contributed by atoms with van der Waals surface area (Å²) in [6.45, 7) is 6.25. The average Bonchev–Trinajstić information content (AvgIpc) is 2.78. The molecule has 0 fully saturated rings. The summed E-state index contributed by atoms with van der Waals surface area (Å²) in [6.07, 6.45) is 1.96. The highest BCUT2D eigenvalue weighted by Gasteiger charge is 2.07. The van der Waals surface area contributed by atoms with Gasteiger partial charge < -0.3 is 5.73 Å². The molecule has 0 spiro atoms. The summed E-state index contributed by atoms with van der Waals surface area (Å²) in [5, 5.41) is 9.18. The van der Waals surface area contributed by atoms with Crippen molar-refractivity contribution in [2.45, 2.75) is 48.9 Å². The molecule has 2 aromatic rings. The zero-order valence-electron chi connectivity index (χ0n) is 11.5. The number of aromatic nitrogens is 2. The molecule has 0 radical (unpaired) electrons. The molecule has 19 heavy (non-hydrogen) atoms. The first-order valence-corrected chi connectivity index (χ1v) is 8.05. The number of nitrogens with two attached hydrogens (primary N) is 1. The lowest BCUT2D eigenvalue weighted by Gasteiger charge is -2.12. The molecular weight excluding hydrogens is 274 g/mol. The molecule has 0 amide bonds. The smallest absolute Gasteiger partial charge is 0.179 e. The summed E-state index contributed by atoms with van der Waals surface area (Å²) in [4.78, 5) is 1.21. The Morgan fingerprint density at radius 1 is 1.32 bits per heavy atom. The van der Waals surface area contributed by atoms with Crippen molar-refractivity contribution >= 4 is 23.1 Å². The van der Waals surface area contributed by atoms with Crippen molar-refractivity contribution in [1.29, 1.82) is 0 Å². The van der Waals surface area contributed by atoms with Crippen molar-refractivity contribution in [2.75, 3.05) is 0 Å². The lowest BCUT2D eigenvalue weighted by atomic mass is 10.0. The molecule has 1 aromatic heterocycles. The molecule has 1 unspecified atom stereocenters. The quantitative estimate of drug-likeness (QED) is 0.915. The second-order valence-electron chi connectivity index (χ2n) is 4.65. The van der Waals surface area contributed by atoms with E-state index in [1.54, 1.807) is 23.1 Å². The molecule has 2 N–H and O–H groups in total. The molecule has 0 aliphatic carbocycles. The summed E-state index contributed by atoms with van der Waals surface area (Å²) in [5.41, 5.74) is 8.66. The molecule has 102 valence electrons. The highest BCUT2D eigenvalue weighted by atomic mass is 32.2. The fourth-order valence-electron chi connectivity index (χ4n) is 1.81. The summed E-state index contributed by atoms with van der Waals surface area (Å²) in [5.74, 6) is 0. The number of nitrogens with zero attached hydrogens (tertiary/aromatic N) is 2. The molecular formula is C14H19N3S2. The van der Waals surface area contributed by atoms with Crippen molar-refractivity contribution in [3.05, 3.63) is 34.3 Å². The average molecular weight is 293 g/mol. The molecule has 0 saturated carbocycles. The first kappa shape index (κ1) is 14.5. The van der Waals surface area contributed by atoms with Crippen LogP contribution in [0.25, 0.3) is 0 Å². The van der Waals surface area contributed by atoms with E-state index in [0.717, 1.165) is 22.2 Å². The zero-order valence-corrected chi connectivity index (χ0v) is 13.1. The monoisotopic (exact) mass is 293 g/mol. The number of rotatable bonds is 5. The molecule has 0 aliphatic heterocycles. The van der Waals surface area contributed by atoms with Crippen molar-refractivity contribution in [3.63, 3.8) is 0 Å². The first-order valence-electron chi connectivity index (χ1n) is 6.41. The van der Waals surface area contributed by atoms with E-state index >= 15 is 0 Å². The highest BCUT2D eigenvalue weighted by Crippen LogP contribution is 2.31. The molecule has 0 aliphatic rings. The second-order valence-corrected chi connectivity index (χ2v) is 7.15. The first-order chi connectivity index (χ1) is 9.08. The zero-order chi connectivity index (χ0) is 13.8. The number of aryl methyl sites for hydroxylation is 2. The summed E-state index contributed by atoms with van der Waals surface area (Å²) < 4.78 is 0.995. The fourth-order valence-corrected chi connectivity index (χ4v) is 3.70. The van der Waals surface area contributed by atoms with E-state index < -0.39 is 0 Å². The van der Waals surface area contributed by atoms with Crippen molar-refractivity contribution in [2.24, 2.45) is 5.73 Å². The summed E-state index contributed by atoms with van der Waals surface area (Å²) in [6, 6.07) is 6.79. The lowest BCUT2D eigenvalue weighted by molar-refractivity contribution is 0.644. The van der Waals surface area contributed by atoms with Crippen LogP contribution in [0.1, 0.15) is 29.5 Å². The van der Waals surface area contributed by atoms with Gasteiger partial charge >= 0.3 is 0 Å². The normalized spacial score (nSPS) is 12.6. The van der Waals surface area contributed by atoms with Crippen LogP contribution in [0.15, 0.2) is 27.4 Å². The predicted octanol–water partition coefficient (Wildman–Crippen LogP) is 3.59. The van der Waals surface area contributed by atoms with Gasteiger partial charge in [-0.1, -0.05) is 36.1 Å². The molecule has 1 heterocycles. The predicted molar refractivity (Wildman–Crippen MR) is 81.9 cm³/mol. The van der Waals surface area contributed by atoms with Crippen LogP contribution in [0.4, 0.5) is 0 Å². The highest BCUT2D eigenvalue weighted by molar-refractivity contribution is 8.01. The second kappa shape index (κ2) is 6.50. The molecule has 3 nitrogen and oxygen atoms in total. The van der Waals surface area contributed by atoms with E-state index in [4.69, 9.17) is 5.73 Å². The standard InChI is InChI=1S/C14H19N3S2/c1-4-12(15)8-11-5-6-13(7-9(11)2)19-14-17-16-10(3)18-14/h5-7,12H,4,8,15H2,1-3H3. The minimum Gasteiger partial charge on any atom is -0.327 e. The van der Waals surface area contributed by atoms with E-state index in [0.29, 0.717) is 0 Å². The Balaban J connectivity index is 2.10. The Hall–Kier alpha value is -0.910. The van der Waals surface area contributed by atoms with Crippen LogP contribution >= 0.6 is 23.1 Å². The van der Waals surface area contributed by atoms with Gasteiger partial charge in [0.25, 0.3) is 0 Å². The molecule has 1 aromatic carbocycles. The van der Waals surface area contributed by atoms with Gasteiger partial charge in [-0.3, -0.25) is 0 Å². The van der Waals surface area contributed by atoms with Gasteiger partial charge in [-0.15, -0.1) is 10.2 Å². The van der Waals surface area contributed by atoms with Crippen LogP contribution in [0.2, 0.25) is 0 Å². The Morgan fingerprint density at radius 3 is 2.68 bits per heavy atom. The maximum absolute atomic E-state index is 6.02. The molecule has 1 atom stereocenters. The van der Waals surface area contributed by atoms with E-state index in [9.17, 15) is 0 Å². The van der Waals surface area contributed by atoms with Gasteiger partial charge in [0.2, 0.25) is 0 Å². The third-order valence-electron chi connectivity index (χ3n) is 3.03. The van der Waals surface area contributed by atoms with Crippen LogP contribution < -0.4 is 5.73 Å². The van der Waals surface area contributed by atoms with Gasteiger partial charge in [0.1, 0.15) is 5.01 Å². The van der Waals surface area contributed by atoms with Gasteiger partial charge in [0.05, 0.1) is 0 Å². The maximum Gasteiger partial charge on any atom is 0.179 e. The van der Waals surface area contributed by atoms with E-state index in [1.165, 1.54) is 16.0 Å². The van der Waals surface area contributed by atoms with Gasteiger partial charge in [-0.2, -0.15) is 0 Å². The Kier molecular flexibility index (Phi) is 4.96. The van der Waals surface area contributed by atoms with Gasteiger partial charge in [-0.25, -0.2) is 0 Å². The van der Waals surface area contributed by atoms with Crippen molar-refractivity contribution in [1.82, 2.24) is 10.2 Å². The molecule has 2 rings (SSSR count). The van der Waals surface area contributed by atoms with Gasteiger partial charge in [0, 0.05) is 10.9 Å². The Morgan fingerprint density at radius 2 is 2.11 bits per heavy atom. The maximum atomic E-state index is 6.02. The minimum absolute atomic E-state index is 0.253. The third kappa shape index (κ3) is 4.03. The van der Waals surface area contributed by atoms with Gasteiger partial charge in [0.15, 0.2) is 4.34 Å². The topological polar surface area (TPSA) is 51.8 Å². The van der Waals surface area contributed by atoms with Crippen LogP contribution in [-0.2, 0) is 6.42 Å². The minimum atomic E-state index is 0.253. The van der Waals surface area contributed by atoms with Crippen molar-refractivity contribution < 1.29 is 0 Å². The number of benzene rings is 1. The van der Waals surface area contributed by atoms with Crippen LogP contribution in [0, 0.1) is 13.8 Å². The molecule has 5 heteroatoms. The number of hydrogen-bond acceptors (Lipinski definition) is 5. The largest absolute Gasteiger partial charge is 0.327 e. The summed E-state index contributed by atoms with van der Waals surface area (Å²) >= 11 is 3.30. The Bertz CT molecular complexity index is 551. The lowest BCUT2D eigenvalue weighted by Crippen LogP contribution is -2.21. The SMILES string of the molecule is CCC(N)Cc1ccc(Sc2nnc(C)s2)cc1C. The molecule has 0 saturated heterocycles. The third-order valence-corrected chi connectivity index (χ3v) is 4.91. The van der Waals surface area contributed by atoms with Crippen LogP contribution in [-0.4, -0.2) is 16.2 Å². The Labute approximate surface area is 122 Å². The fraction of sp³-hybridized carbons (Fsp3) is 0.429. The van der Waals surface area contributed by atoms with Crippen molar-refractivity contribution in [3.8, 4) is 0 Å².